The third-order valence-electron chi connectivity index (χ3n) is 3.39. The molecule has 25 heavy (non-hydrogen) atoms. The summed E-state index contributed by atoms with van der Waals surface area (Å²) in [5.74, 6) is 2.17. The van der Waals surface area contributed by atoms with Crippen molar-refractivity contribution < 1.29 is 24.1 Å². The maximum Gasteiger partial charge on any atom is 0.337 e. The van der Waals surface area contributed by atoms with Gasteiger partial charge >= 0.3 is 5.97 Å². The molecule has 5 heteroatoms. The molecule has 0 unspecified atom stereocenters. The molecule has 1 N–H and O–H groups in total. The maximum atomic E-state index is 11.4. The second-order valence-electron chi connectivity index (χ2n) is 5.19. The molecule has 0 heterocycles. The van der Waals surface area contributed by atoms with Crippen LogP contribution >= 0.6 is 0 Å². The summed E-state index contributed by atoms with van der Waals surface area (Å²) in [6.45, 7) is 0. The summed E-state index contributed by atoms with van der Waals surface area (Å²) in [7, 11) is 1.34. The molecular weight excluding hydrogens is 320 g/mol. The van der Waals surface area contributed by atoms with E-state index in [0.717, 1.165) is 0 Å². The molecule has 0 aliphatic rings. The monoisotopic (exact) mass is 336 g/mol. The lowest BCUT2D eigenvalue weighted by atomic mass is 10.2. The first-order valence-electron chi connectivity index (χ1n) is 7.57. The van der Waals surface area contributed by atoms with Crippen molar-refractivity contribution in [2.24, 2.45) is 0 Å². The van der Waals surface area contributed by atoms with Crippen LogP contribution in [0.3, 0.4) is 0 Å². The lowest BCUT2D eigenvalue weighted by Crippen LogP contribution is -2.00. The molecule has 3 rings (SSSR count). The normalized spacial score (nSPS) is 10.1. The first kappa shape index (κ1) is 16.4. The first-order chi connectivity index (χ1) is 12.1. The number of phenolic OH excluding ortho intramolecular Hbond substituents is 1. The Labute approximate surface area is 145 Å². The number of carbonyl (C=O) groups excluding carboxylic acids is 1. The molecule has 0 amide bonds. The van der Waals surface area contributed by atoms with E-state index < -0.39 is 0 Å². The highest BCUT2D eigenvalue weighted by Gasteiger charge is 2.05. The van der Waals surface area contributed by atoms with Gasteiger partial charge in [0.1, 0.15) is 28.7 Å². The molecule has 0 aliphatic carbocycles. The molecule has 0 spiro atoms. The number of carbonyl (C=O) groups is 1. The van der Waals surface area contributed by atoms with Gasteiger partial charge in [-0.05, 0) is 60.7 Å². The molecule has 0 radical (unpaired) electrons. The summed E-state index contributed by atoms with van der Waals surface area (Å²) in [5, 5.41) is 9.44. The summed E-state index contributed by atoms with van der Waals surface area (Å²) >= 11 is 0. The minimum Gasteiger partial charge on any atom is -0.508 e. The number of phenols is 1. The molecule has 3 aromatic rings. The molecule has 0 aromatic heterocycles. The van der Waals surface area contributed by atoms with E-state index in [1.54, 1.807) is 66.7 Å². The average molecular weight is 336 g/mol. The van der Waals surface area contributed by atoms with E-state index in [1.807, 2.05) is 0 Å². The van der Waals surface area contributed by atoms with Crippen molar-refractivity contribution in [3.63, 3.8) is 0 Å². The van der Waals surface area contributed by atoms with Crippen molar-refractivity contribution in [2.75, 3.05) is 7.11 Å². The highest BCUT2D eigenvalue weighted by atomic mass is 16.5. The van der Waals surface area contributed by atoms with E-state index in [1.165, 1.54) is 13.2 Å². The number of ether oxygens (including phenoxy) is 3. The number of hydrogen-bond acceptors (Lipinski definition) is 5. The van der Waals surface area contributed by atoms with Gasteiger partial charge in [0, 0.05) is 6.07 Å². The minimum atomic E-state index is -0.389. The predicted molar refractivity (Wildman–Crippen MR) is 92.5 cm³/mol. The fraction of sp³-hybridized carbons (Fsp3) is 0.0500. The van der Waals surface area contributed by atoms with Gasteiger partial charge < -0.3 is 19.3 Å². The van der Waals surface area contributed by atoms with Crippen molar-refractivity contribution in [3.8, 4) is 28.7 Å². The maximum absolute atomic E-state index is 11.4. The standard InChI is InChI=1S/C20H16O5/c1-23-20(22)14-5-7-16(8-6-14)24-17-9-11-18(12-10-17)25-19-4-2-3-15(21)13-19/h2-13,21H,1H3. The smallest absolute Gasteiger partial charge is 0.337 e. The van der Waals surface area contributed by atoms with Crippen LogP contribution < -0.4 is 9.47 Å². The van der Waals surface area contributed by atoms with Gasteiger partial charge in [0.25, 0.3) is 0 Å². The molecule has 126 valence electrons. The van der Waals surface area contributed by atoms with E-state index in [9.17, 15) is 9.90 Å². The van der Waals surface area contributed by atoms with Crippen LogP contribution in [0.1, 0.15) is 10.4 Å². The Bertz CT molecular complexity index is 854. The second-order valence-corrected chi connectivity index (χ2v) is 5.19. The fourth-order valence-electron chi connectivity index (χ4n) is 2.17. The number of benzene rings is 3. The topological polar surface area (TPSA) is 65.0 Å². The van der Waals surface area contributed by atoms with Gasteiger partial charge in [-0.25, -0.2) is 4.79 Å². The Morgan fingerprint density at radius 1 is 0.760 bits per heavy atom. The molecule has 0 atom stereocenters. The molecule has 3 aromatic carbocycles. The lowest BCUT2D eigenvalue weighted by Gasteiger charge is -2.09. The van der Waals surface area contributed by atoms with Crippen LogP contribution in [0, 0.1) is 0 Å². The third-order valence-corrected chi connectivity index (χ3v) is 3.39. The lowest BCUT2D eigenvalue weighted by molar-refractivity contribution is 0.0600. The van der Waals surface area contributed by atoms with Crippen molar-refractivity contribution >= 4 is 5.97 Å². The van der Waals surface area contributed by atoms with Crippen LogP contribution in [0.4, 0.5) is 0 Å². The van der Waals surface area contributed by atoms with E-state index in [0.29, 0.717) is 28.6 Å². The first-order valence-corrected chi connectivity index (χ1v) is 7.57. The van der Waals surface area contributed by atoms with Crippen LogP contribution in [0.25, 0.3) is 0 Å². The fourth-order valence-corrected chi connectivity index (χ4v) is 2.17. The highest BCUT2D eigenvalue weighted by molar-refractivity contribution is 5.89. The highest BCUT2D eigenvalue weighted by Crippen LogP contribution is 2.28. The zero-order valence-corrected chi connectivity index (χ0v) is 13.5. The van der Waals surface area contributed by atoms with Crippen LogP contribution in [0.2, 0.25) is 0 Å². The zero-order valence-electron chi connectivity index (χ0n) is 13.5. The summed E-state index contributed by atoms with van der Waals surface area (Å²) in [4.78, 5) is 11.4. The van der Waals surface area contributed by atoms with E-state index in [2.05, 4.69) is 4.74 Å². The molecule has 0 saturated heterocycles. The molecule has 5 nitrogen and oxygen atoms in total. The van der Waals surface area contributed by atoms with Gasteiger partial charge in [0.2, 0.25) is 0 Å². The Morgan fingerprint density at radius 3 is 1.80 bits per heavy atom. The van der Waals surface area contributed by atoms with Gasteiger partial charge in [-0.2, -0.15) is 0 Å². The van der Waals surface area contributed by atoms with Crippen LogP contribution in [0.15, 0.2) is 72.8 Å². The van der Waals surface area contributed by atoms with Crippen molar-refractivity contribution in [1.29, 1.82) is 0 Å². The Hall–Kier alpha value is -3.47. The number of hydrogen-bond donors (Lipinski definition) is 1. The van der Waals surface area contributed by atoms with E-state index in [4.69, 9.17) is 9.47 Å². The predicted octanol–water partition coefficient (Wildman–Crippen LogP) is 4.76. The minimum absolute atomic E-state index is 0.146. The summed E-state index contributed by atoms with van der Waals surface area (Å²) in [6, 6.07) is 20.3. The second kappa shape index (κ2) is 7.40. The van der Waals surface area contributed by atoms with Crippen molar-refractivity contribution in [2.45, 2.75) is 0 Å². The molecule has 0 fully saturated rings. The zero-order chi connectivity index (χ0) is 17.6. The SMILES string of the molecule is COC(=O)c1ccc(Oc2ccc(Oc3cccc(O)c3)cc2)cc1. The van der Waals surface area contributed by atoms with Crippen molar-refractivity contribution in [3.05, 3.63) is 78.4 Å². The van der Waals surface area contributed by atoms with E-state index in [-0.39, 0.29) is 11.7 Å². The molecule has 0 aliphatic heterocycles. The van der Waals surface area contributed by atoms with Crippen LogP contribution in [-0.4, -0.2) is 18.2 Å². The van der Waals surface area contributed by atoms with Gasteiger partial charge in [-0.3, -0.25) is 0 Å². The molecule has 0 bridgehead atoms. The Morgan fingerprint density at radius 2 is 1.28 bits per heavy atom. The number of methoxy groups -OCH3 is 1. The van der Waals surface area contributed by atoms with E-state index >= 15 is 0 Å². The largest absolute Gasteiger partial charge is 0.508 e. The van der Waals surface area contributed by atoms with Gasteiger partial charge in [-0.15, -0.1) is 0 Å². The van der Waals surface area contributed by atoms with Gasteiger partial charge in [0.05, 0.1) is 12.7 Å². The number of aromatic hydroxyl groups is 1. The van der Waals surface area contributed by atoms with Gasteiger partial charge in [-0.1, -0.05) is 6.07 Å². The average Bonchev–Trinajstić information content (AvgIpc) is 2.63. The summed E-state index contributed by atoms with van der Waals surface area (Å²) in [5.41, 5.74) is 0.463. The quantitative estimate of drug-likeness (QED) is 0.680. The van der Waals surface area contributed by atoms with Crippen LogP contribution in [-0.2, 0) is 4.74 Å². The van der Waals surface area contributed by atoms with Crippen LogP contribution in [0.5, 0.6) is 28.7 Å². The number of rotatable bonds is 5. The summed E-state index contributed by atoms with van der Waals surface area (Å²) in [6.07, 6.45) is 0. The Balaban J connectivity index is 1.65. The molecular formula is C20H16O5. The van der Waals surface area contributed by atoms with Crippen molar-refractivity contribution in [1.82, 2.24) is 0 Å². The third kappa shape index (κ3) is 4.29. The van der Waals surface area contributed by atoms with Gasteiger partial charge in [0.15, 0.2) is 0 Å². The summed E-state index contributed by atoms with van der Waals surface area (Å²) < 4.78 is 16.0. The number of esters is 1. The molecule has 0 saturated carbocycles. The Kier molecular flexibility index (Phi) is 4.85.